The van der Waals surface area contributed by atoms with Crippen LogP contribution in [0.4, 0.5) is 0 Å². The molecule has 0 bridgehead atoms. The van der Waals surface area contributed by atoms with E-state index in [-0.39, 0.29) is 0 Å². The van der Waals surface area contributed by atoms with Gasteiger partial charge < -0.3 is 9.64 Å². The molecule has 1 aromatic carbocycles. The molecule has 0 spiro atoms. The van der Waals surface area contributed by atoms with Crippen LogP contribution in [0.3, 0.4) is 0 Å². The summed E-state index contributed by atoms with van der Waals surface area (Å²) in [5.41, 5.74) is 1.24. The minimum atomic E-state index is 0.711. The minimum Gasteiger partial charge on any atom is -0.375 e. The van der Waals surface area contributed by atoms with Gasteiger partial charge in [0.1, 0.15) is 0 Å². The predicted molar refractivity (Wildman–Crippen MR) is 67.4 cm³/mol. The van der Waals surface area contributed by atoms with E-state index in [4.69, 9.17) is 4.74 Å². The van der Waals surface area contributed by atoms with Crippen molar-refractivity contribution in [2.75, 3.05) is 32.1 Å². The summed E-state index contributed by atoms with van der Waals surface area (Å²) in [6.45, 7) is 3.55. The lowest BCUT2D eigenvalue weighted by molar-refractivity contribution is 0.101. The lowest BCUT2D eigenvalue weighted by Gasteiger charge is -2.14. The second kappa shape index (κ2) is 7.85. The van der Waals surface area contributed by atoms with E-state index in [1.807, 2.05) is 18.2 Å². The molecule has 0 radical (unpaired) electrons. The fourth-order valence-corrected chi connectivity index (χ4v) is 1.85. The van der Waals surface area contributed by atoms with Gasteiger partial charge in [-0.25, -0.2) is 0 Å². The van der Waals surface area contributed by atoms with E-state index < -0.39 is 0 Å². The highest BCUT2D eigenvalue weighted by atomic mass is 79.9. The largest absolute Gasteiger partial charge is 0.375 e. The summed E-state index contributed by atoms with van der Waals surface area (Å²) in [5, 5.41) is 1.02. The van der Waals surface area contributed by atoms with Crippen molar-refractivity contribution in [3.8, 4) is 0 Å². The van der Waals surface area contributed by atoms with E-state index in [0.29, 0.717) is 6.61 Å². The monoisotopic (exact) mass is 271 g/mol. The average molecular weight is 272 g/mol. The second-order valence-corrected chi connectivity index (χ2v) is 4.32. The van der Waals surface area contributed by atoms with Crippen LogP contribution in [0.2, 0.25) is 0 Å². The molecule has 0 aromatic heterocycles. The molecular weight excluding hydrogens is 254 g/mol. The molecule has 0 aliphatic heterocycles. The van der Waals surface area contributed by atoms with Crippen LogP contribution in [0.25, 0.3) is 0 Å². The van der Waals surface area contributed by atoms with E-state index in [0.717, 1.165) is 25.0 Å². The van der Waals surface area contributed by atoms with Gasteiger partial charge in [0.25, 0.3) is 0 Å². The summed E-state index contributed by atoms with van der Waals surface area (Å²) in [6, 6.07) is 10.3. The molecule has 0 amide bonds. The van der Waals surface area contributed by atoms with E-state index in [1.165, 1.54) is 5.56 Å². The maximum absolute atomic E-state index is 5.58. The van der Waals surface area contributed by atoms with Gasteiger partial charge in [0.15, 0.2) is 0 Å². The van der Waals surface area contributed by atoms with Gasteiger partial charge >= 0.3 is 0 Å². The van der Waals surface area contributed by atoms with E-state index in [1.54, 1.807) is 0 Å². The molecule has 0 unspecified atom stereocenters. The Hall–Kier alpha value is -0.380. The molecule has 0 N–H and O–H groups in total. The van der Waals surface area contributed by atoms with Gasteiger partial charge in [-0.3, -0.25) is 0 Å². The Kier molecular flexibility index (Phi) is 6.64. The van der Waals surface area contributed by atoms with Crippen molar-refractivity contribution in [1.29, 1.82) is 0 Å². The standard InChI is InChI=1S/C12H18BrNO/c1-14(8-7-13)9-10-15-11-12-5-3-2-4-6-12/h2-6H,7-11H2,1H3. The van der Waals surface area contributed by atoms with E-state index >= 15 is 0 Å². The first-order valence-corrected chi connectivity index (χ1v) is 6.31. The summed E-state index contributed by atoms with van der Waals surface area (Å²) < 4.78 is 5.58. The quantitative estimate of drug-likeness (QED) is 0.558. The van der Waals surface area contributed by atoms with E-state index in [9.17, 15) is 0 Å². The number of benzene rings is 1. The second-order valence-electron chi connectivity index (χ2n) is 3.53. The number of hydrogen-bond acceptors (Lipinski definition) is 2. The molecule has 2 nitrogen and oxygen atoms in total. The van der Waals surface area contributed by atoms with Crippen LogP contribution in [0.5, 0.6) is 0 Å². The number of halogens is 1. The number of ether oxygens (including phenoxy) is 1. The van der Waals surface area contributed by atoms with Gasteiger partial charge in [0.2, 0.25) is 0 Å². The van der Waals surface area contributed by atoms with Crippen LogP contribution >= 0.6 is 15.9 Å². The summed E-state index contributed by atoms with van der Waals surface area (Å²) in [4.78, 5) is 2.25. The van der Waals surface area contributed by atoms with Gasteiger partial charge in [-0.05, 0) is 12.6 Å². The van der Waals surface area contributed by atoms with Crippen LogP contribution in [0, 0.1) is 0 Å². The van der Waals surface area contributed by atoms with Crippen molar-refractivity contribution in [3.63, 3.8) is 0 Å². The van der Waals surface area contributed by atoms with Crippen molar-refractivity contribution < 1.29 is 4.74 Å². The predicted octanol–water partition coefficient (Wildman–Crippen LogP) is 2.53. The molecule has 3 heteroatoms. The highest BCUT2D eigenvalue weighted by Gasteiger charge is 1.96. The Morgan fingerprint density at radius 3 is 2.60 bits per heavy atom. The summed E-state index contributed by atoms with van der Waals surface area (Å²) in [5.74, 6) is 0. The van der Waals surface area contributed by atoms with Crippen molar-refractivity contribution >= 4 is 15.9 Å². The lowest BCUT2D eigenvalue weighted by atomic mass is 10.2. The van der Waals surface area contributed by atoms with E-state index in [2.05, 4.69) is 40.0 Å². The lowest BCUT2D eigenvalue weighted by Crippen LogP contribution is -2.24. The van der Waals surface area contributed by atoms with Crippen LogP contribution in [0.15, 0.2) is 30.3 Å². The average Bonchev–Trinajstić information content (AvgIpc) is 2.26. The van der Waals surface area contributed by atoms with Gasteiger partial charge in [0.05, 0.1) is 13.2 Å². The fourth-order valence-electron chi connectivity index (χ4n) is 1.24. The van der Waals surface area contributed by atoms with Gasteiger partial charge in [0, 0.05) is 18.4 Å². The molecule has 1 aromatic rings. The molecule has 0 aliphatic rings. The van der Waals surface area contributed by atoms with Crippen molar-refractivity contribution in [2.45, 2.75) is 6.61 Å². The first-order chi connectivity index (χ1) is 7.33. The Bertz CT molecular complexity index is 253. The first-order valence-electron chi connectivity index (χ1n) is 5.19. The molecule has 84 valence electrons. The highest BCUT2D eigenvalue weighted by Crippen LogP contribution is 2.00. The number of rotatable bonds is 7. The summed E-state index contributed by atoms with van der Waals surface area (Å²) in [6.07, 6.45) is 0. The van der Waals surface area contributed by atoms with Crippen LogP contribution < -0.4 is 0 Å². The fraction of sp³-hybridized carbons (Fsp3) is 0.500. The zero-order valence-electron chi connectivity index (χ0n) is 9.16. The number of likely N-dealkylation sites (N-methyl/N-ethyl adjacent to an activating group) is 1. The van der Waals surface area contributed by atoms with Gasteiger partial charge in [-0.1, -0.05) is 46.3 Å². The SMILES string of the molecule is CN(CCBr)CCOCc1ccccc1. The smallest absolute Gasteiger partial charge is 0.0717 e. The normalized spacial score (nSPS) is 10.9. The zero-order chi connectivity index (χ0) is 10.9. The van der Waals surface area contributed by atoms with Crippen LogP contribution in [-0.4, -0.2) is 37.0 Å². The highest BCUT2D eigenvalue weighted by molar-refractivity contribution is 9.09. The Balaban J connectivity index is 2.07. The van der Waals surface area contributed by atoms with Crippen molar-refractivity contribution in [2.24, 2.45) is 0 Å². The van der Waals surface area contributed by atoms with Gasteiger partial charge in [-0.2, -0.15) is 0 Å². The molecule has 15 heavy (non-hydrogen) atoms. The summed E-state index contributed by atoms with van der Waals surface area (Å²) >= 11 is 3.41. The Labute approximate surface area is 100 Å². The van der Waals surface area contributed by atoms with Crippen LogP contribution in [-0.2, 0) is 11.3 Å². The summed E-state index contributed by atoms with van der Waals surface area (Å²) in [7, 11) is 2.10. The molecule has 0 atom stereocenters. The number of hydrogen-bond donors (Lipinski definition) is 0. The molecule has 0 saturated carbocycles. The first kappa shape index (κ1) is 12.7. The van der Waals surface area contributed by atoms with Crippen molar-refractivity contribution in [1.82, 2.24) is 4.90 Å². The Morgan fingerprint density at radius 1 is 1.20 bits per heavy atom. The molecule has 1 rings (SSSR count). The molecule has 0 saturated heterocycles. The third kappa shape index (κ3) is 5.92. The zero-order valence-corrected chi connectivity index (χ0v) is 10.7. The third-order valence-electron chi connectivity index (χ3n) is 2.20. The maximum Gasteiger partial charge on any atom is 0.0717 e. The third-order valence-corrected chi connectivity index (χ3v) is 2.55. The molecule has 0 heterocycles. The van der Waals surface area contributed by atoms with Crippen molar-refractivity contribution in [3.05, 3.63) is 35.9 Å². The maximum atomic E-state index is 5.58. The van der Waals surface area contributed by atoms with Gasteiger partial charge in [-0.15, -0.1) is 0 Å². The Morgan fingerprint density at radius 2 is 1.93 bits per heavy atom. The molecule has 0 fully saturated rings. The minimum absolute atomic E-state index is 0.711. The number of nitrogens with zero attached hydrogens (tertiary/aromatic N) is 1. The van der Waals surface area contributed by atoms with Crippen LogP contribution in [0.1, 0.15) is 5.56 Å². The number of alkyl halides is 1. The molecule has 0 aliphatic carbocycles. The topological polar surface area (TPSA) is 12.5 Å². The molecular formula is C12H18BrNO.